The number of H-pyrrole nitrogens is 1. The van der Waals surface area contributed by atoms with Gasteiger partial charge >= 0.3 is 5.69 Å². The van der Waals surface area contributed by atoms with Gasteiger partial charge < -0.3 is 10.6 Å². The standard InChI is InChI=1S/C22H33N5O5S/c1-6-7-11-26(18-19(23)27(13-14(2)3)22(30)24-20(18)28)21(29)16-9-8-10-17(12-16)33(31,32)25-15(4)5/h8-10,12,14-15,25H,6-7,11,13,23H2,1-5H3,(H,24,28,30). The van der Waals surface area contributed by atoms with E-state index in [4.69, 9.17) is 5.73 Å². The Morgan fingerprint density at radius 1 is 1.21 bits per heavy atom. The number of anilines is 2. The van der Waals surface area contributed by atoms with Gasteiger partial charge in [0.2, 0.25) is 10.0 Å². The Morgan fingerprint density at radius 3 is 2.45 bits per heavy atom. The van der Waals surface area contributed by atoms with Crippen LogP contribution in [0.3, 0.4) is 0 Å². The summed E-state index contributed by atoms with van der Waals surface area (Å²) in [5.74, 6) is -0.622. The SMILES string of the molecule is CCCCN(C(=O)c1cccc(S(=O)(=O)NC(C)C)c1)c1c(N)n(CC(C)C)c(=O)[nH]c1=O. The molecule has 0 fully saturated rings. The van der Waals surface area contributed by atoms with Crippen LogP contribution in [-0.2, 0) is 16.6 Å². The highest BCUT2D eigenvalue weighted by Gasteiger charge is 2.26. The van der Waals surface area contributed by atoms with Crippen LogP contribution in [0.15, 0.2) is 38.8 Å². The maximum atomic E-state index is 13.5. The van der Waals surface area contributed by atoms with Crippen molar-refractivity contribution in [2.45, 2.75) is 64.9 Å². The minimum absolute atomic E-state index is 0.0656. The van der Waals surface area contributed by atoms with Crippen molar-refractivity contribution >= 4 is 27.4 Å². The predicted molar refractivity (Wildman–Crippen MR) is 129 cm³/mol. The molecule has 10 nitrogen and oxygen atoms in total. The van der Waals surface area contributed by atoms with E-state index in [0.717, 1.165) is 6.42 Å². The maximum absolute atomic E-state index is 13.5. The molecule has 0 unspecified atom stereocenters. The molecule has 0 aliphatic heterocycles. The number of nitrogens with zero attached hydrogens (tertiary/aromatic N) is 2. The Kier molecular flexibility index (Phi) is 8.62. The number of unbranched alkanes of at least 4 members (excludes halogenated alkanes) is 1. The average Bonchev–Trinajstić information content (AvgIpc) is 2.72. The minimum Gasteiger partial charge on any atom is -0.383 e. The molecule has 0 aliphatic rings. The molecule has 1 heterocycles. The Balaban J connectivity index is 2.62. The first-order chi connectivity index (χ1) is 15.4. The van der Waals surface area contributed by atoms with E-state index in [9.17, 15) is 22.8 Å². The van der Waals surface area contributed by atoms with Crippen LogP contribution in [0.5, 0.6) is 0 Å². The number of sulfonamides is 1. The quantitative estimate of drug-likeness (QED) is 0.474. The summed E-state index contributed by atoms with van der Waals surface area (Å²) >= 11 is 0. The summed E-state index contributed by atoms with van der Waals surface area (Å²) in [5, 5.41) is 0. The van der Waals surface area contributed by atoms with Gasteiger partial charge in [0.05, 0.1) is 4.90 Å². The van der Waals surface area contributed by atoms with Gasteiger partial charge in [-0.15, -0.1) is 0 Å². The van der Waals surface area contributed by atoms with Crippen molar-refractivity contribution in [2.75, 3.05) is 17.2 Å². The van der Waals surface area contributed by atoms with Crippen LogP contribution >= 0.6 is 0 Å². The first-order valence-corrected chi connectivity index (χ1v) is 12.4. The van der Waals surface area contributed by atoms with E-state index in [1.807, 2.05) is 20.8 Å². The van der Waals surface area contributed by atoms with Gasteiger partial charge in [-0.25, -0.2) is 17.9 Å². The fraction of sp³-hybridized carbons (Fsp3) is 0.500. The summed E-state index contributed by atoms with van der Waals surface area (Å²) in [6.45, 7) is 9.55. The number of aromatic amines is 1. The van der Waals surface area contributed by atoms with E-state index < -0.39 is 27.2 Å². The molecule has 11 heteroatoms. The molecule has 0 radical (unpaired) electrons. The van der Waals surface area contributed by atoms with Crippen LogP contribution in [0, 0.1) is 5.92 Å². The predicted octanol–water partition coefficient (Wildman–Crippen LogP) is 1.91. The van der Waals surface area contributed by atoms with Gasteiger partial charge in [0.25, 0.3) is 11.5 Å². The second-order valence-corrected chi connectivity index (χ2v) is 10.3. The molecule has 1 amide bonds. The average molecular weight is 480 g/mol. The molecule has 1 aromatic carbocycles. The summed E-state index contributed by atoms with van der Waals surface area (Å²) in [4.78, 5) is 41.9. The van der Waals surface area contributed by atoms with Crippen molar-refractivity contribution in [2.24, 2.45) is 5.92 Å². The highest BCUT2D eigenvalue weighted by molar-refractivity contribution is 7.89. The minimum atomic E-state index is -3.82. The molecule has 33 heavy (non-hydrogen) atoms. The number of benzene rings is 1. The Morgan fingerprint density at radius 2 is 1.88 bits per heavy atom. The third-order valence-electron chi connectivity index (χ3n) is 4.79. The van der Waals surface area contributed by atoms with Gasteiger partial charge in [-0.3, -0.25) is 19.1 Å². The third kappa shape index (κ3) is 6.32. The number of aromatic nitrogens is 2. The number of nitrogens with two attached hydrogens (primary N) is 1. The number of carbonyl (C=O) groups is 1. The van der Waals surface area contributed by atoms with Crippen molar-refractivity contribution in [1.29, 1.82) is 0 Å². The Labute approximate surface area is 193 Å². The van der Waals surface area contributed by atoms with Crippen LogP contribution in [0.2, 0.25) is 0 Å². The lowest BCUT2D eigenvalue weighted by Gasteiger charge is -2.25. The fourth-order valence-electron chi connectivity index (χ4n) is 3.35. The molecule has 0 saturated carbocycles. The van der Waals surface area contributed by atoms with Crippen LogP contribution in [0.25, 0.3) is 0 Å². The molecule has 2 aromatic rings. The summed E-state index contributed by atoms with van der Waals surface area (Å²) in [5.41, 5.74) is 4.76. The molecule has 0 spiro atoms. The maximum Gasteiger partial charge on any atom is 0.330 e. The van der Waals surface area contributed by atoms with Gasteiger partial charge in [0.15, 0.2) is 5.69 Å². The largest absolute Gasteiger partial charge is 0.383 e. The second-order valence-electron chi connectivity index (χ2n) is 8.61. The first-order valence-electron chi connectivity index (χ1n) is 11.0. The van der Waals surface area contributed by atoms with Gasteiger partial charge in [-0.1, -0.05) is 33.3 Å². The van der Waals surface area contributed by atoms with Crippen LogP contribution in [-0.4, -0.2) is 36.5 Å². The second kappa shape index (κ2) is 10.8. The Bertz CT molecular complexity index is 1210. The molecule has 2 rings (SSSR count). The van der Waals surface area contributed by atoms with Crippen LogP contribution in [0.1, 0.15) is 57.8 Å². The van der Waals surface area contributed by atoms with Gasteiger partial charge in [-0.2, -0.15) is 0 Å². The van der Waals surface area contributed by atoms with Crippen molar-refractivity contribution in [3.63, 3.8) is 0 Å². The van der Waals surface area contributed by atoms with Crippen molar-refractivity contribution in [1.82, 2.24) is 14.3 Å². The number of hydrogen-bond donors (Lipinski definition) is 3. The number of nitrogen functional groups attached to an aromatic ring is 1. The zero-order chi connectivity index (χ0) is 24.9. The Hall–Kier alpha value is -2.92. The summed E-state index contributed by atoms with van der Waals surface area (Å²) < 4.78 is 28.9. The fourth-order valence-corrected chi connectivity index (χ4v) is 4.64. The zero-order valence-corrected chi connectivity index (χ0v) is 20.5. The monoisotopic (exact) mass is 479 g/mol. The summed E-state index contributed by atoms with van der Waals surface area (Å²) in [7, 11) is -3.82. The number of hydrogen-bond acceptors (Lipinski definition) is 6. The summed E-state index contributed by atoms with van der Waals surface area (Å²) in [6.07, 6.45) is 1.31. The molecule has 1 aromatic heterocycles. The molecule has 0 saturated heterocycles. The van der Waals surface area contributed by atoms with Crippen molar-refractivity contribution in [3.05, 3.63) is 50.7 Å². The molecule has 0 atom stereocenters. The number of rotatable bonds is 10. The lowest BCUT2D eigenvalue weighted by Crippen LogP contribution is -2.42. The zero-order valence-electron chi connectivity index (χ0n) is 19.7. The molecular weight excluding hydrogens is 446 g/mol. The highest BCUT2D eigenvalue weighted by Crippen LogP contribution is 2.22. The molecule has 0 aliphatic carbocycles. The highest BCUT2D eigenvalue weighted by atomic mass is 32.2. The lowest BCUT2D eigenvalue weighted by atomic mass is 10.1. The number of nitrogens with one attached hydrogen (secondary N) is 2. The van der Waals surface area contributed by atoms with E-state index in [0.29, 0.717) is 6.42 Å². The van der Waals surface area contributed by atoms with Crippen molar-refractivity contribution in [3.8, 4) is 0 Å². The lowest BCUT2D eigenvalue weighted by molar-refractivity contribution is 0.0986. The van der Waals surface area contributed by atoms with E-state index in [1.165, 1.54) is 33.7 Å². The third-order valence-corrected chi connectivity index (χ3v) is 6.45. The smallest absolute Gasteiger partial charge is 0.330 e. The van der Waals surface area contributed by atoms with Crippen LogP contribution in [0.4, 0.5) is 11.5 Å². The first kappa shape index (κ1) is 26.3. The van der Waals surface area contributed by atoms with Gasteiger partial charge in [0, 0.05) is 24.7 Å². The van der Waals surface area contributed by atoms with E-state index in [2.05, 4.69) is 9.71 Å². The van der Waals surface area contributed by atoms with E-state index in [-0.39, 0.29) is 47.0 Å². The normalized spacial score (nSPS) is 11.8. The number of carbonyl (C=O) groups excluding carboxylic acids is 1. The van der Waals surface area contributed by atoms with E-state index in [1.54, 1.807) is 13.8 Å². The van der Waals surface area contributed by atoms with Gasteiger partial charge in [0.1, 0.15) is 5.82 Å². The molecule has 182 valence electrons. The van der Waals surface area contributed by atoms with Crippen LogP contribution < -0.4 is 26.6 Å². The summed E-state index contributed by atoms with van der Waals surface area (Å²) in [6, 6.07) is 5.27. The molecular formula is C22H33N5O5S. The molecule has 4 N–H and O–H groups in total. The van der Waals surface area contributed by atoms with Crippen molar-refractivity contribution < 1.29 is 13.2 Å². The molecule has 0 bridgehead atoms. The van der Waals surface area contributed by atoms with E-state index >= 15 is 0 Å². The van der Waals surface area contributed by atoms with Gasteiger partial charge in [-0.05, 0) is 44.4 Å². The topological polar surface area (TPSA) is 147 Å². The number of amides is 1.